The van der Waals surface area contributed by atoms with Gasteiger partial charge in [0.25, 0.3) is 0 Å². The third kappa shape index (κ3) is 22.5. The van der Waals surface area contributed by atoms with Crippen molar-refractivity contribution in [1.82, 2.24) is 0 Å². The van der Waals surface area contributed by atoms with Crippen LogP contribution in [0.25, 0.3) is 0 Å². The van der Waals surface area contributed by atoms with Gasteiger partial charge in [0.05, 0.1) is 26.4 Å². The Morgan fingerprint density at radius 2 is 1.00 bits per heavy atom. The molecule has 1 N–H and O–H groups in total. The monoisotopic (exact) mass is 418 g/mol. The highest BCUT2D eigenvalue weighted by Gasteiger charge is 2.04. The highest BCUT2D eigenvalue weighted by Crippen LogP contribution is 2.07. The van der Waals surface area contributed by atoms with Gasteiger partial charge in [-0.15, -0.1) is 0 Å². The number of esters is 2. The van der Waals surface area contributed by atoms with E-state index in [1.165, 1.54) is 25.7 Å². The van der Waals surface area contributed by atoms with Gasteiger partial charge in [0.1, 0.15) is 13.2 Å². The van der Waals surface area contributed by atoms with Crippen LogP contribution in [-0.2, 0) is 33.3 Å². The third-order valence-corrected chi connectivity index (χ3v) is 4.11. The second kappa shape index (κ2) is 21.0. The molecule has 8 heteroatoms. The van der Waals surface area contributed by atoms with E-state index in [0.29, 0.717) is 39.1 Å². The van der Waals surface area contributed by atoms with Crippen LogP contribution in [0.3, 0.4) is 0 Å². The molecule has 0 unspecified atom stereocenters. The van der Waals surface area contributed by atoms with E-state index in [1.54, 1.807) is 0 Å². The zero-order chi connectivity index (χ0) is 21.6. The Labute approximate surface area is 174 Å². The Kier molecular flexibility index (Phi) is 19.8. The van der Waals surface area contributed by atoms with Crippen molar-refractivity contribution in [2.75, 3.05) is 39.6 Å². The maximum atomic E-state index is 11.5. The SMILES string of the molecule is CCCCCCCCC(=O)OCCOCCOCCOC(=O)CCCCC(=O)O. The molecule has 0 radical (unpaired) electrons. The molecule has 8 nitrogen and oxygen atoms in total. The van der Waals surface area contributed by atoms with E-state index in [2.05, 4.69) is 6.92 Å². The molecular weight excluding hydrogens is 380 g/mol. The Morgan fingerprint density at radius 1 is 0.586 bits per heavy atom. The predicted molar refractivity (Wildman–Crippen MR) is 108 cm³/mol. The largest absolute Gasteiger partial charge is 0.481 e. The van der Waals surface area contributed by atoms with Crippen LogP contribution in [0.2, 0.25) is 0 Å². The second-order valence-corrected chi connectivity index (χ2v) is 6.78. The second-order valence-electron chi connectivity index (χ2n) is 6.78. The minimum atomic E-state index is -0.861. The van der Waals surface area contributed by atoms with Crippen molar-refractivity contribution >= 4 is 17.9 Å². The lowest BCUT2D eigenvalue weighted by Crippen LogP contribution is -2.15. The molecule has 0 amide bonds. The van der Waals surface area contributed by atoms with E-state index in [0.717, 1.165) is 12.8 Å². The van der Waals surface area contributed by atoms with Crippen molar-refractivity contribution < 1.29 is 38.4 Å². The highest BCUT2D eigenvalue weighted by molar-refractivity contribution is 5.70. The Hall–Kier alpha value is -1.67. The fraction of sp³-hybridized carbons (Fsp3) is 0.857. The van der Waals surface area contributed by atoms with Crippen LogP contribution >= 0.6 is 0 Å². The summed E-state index contributed by atoms with van der Waals surface area (Å²) in [6.07, 6.45) is 8.55. The van der Waals surface area contributed by atoms with Gasteiger partial charge in [-0.25, -0.2) is 0 Å². The first kappa shape index (κ1) is 27.3. The van der Waals surface area contributed by atoms with Gasteiger partial charge in [0.2, 0.25) is 0 Å². The summed E-state index contributed by atoms with van der Waals surface area (Å²) < 4.78 is 20.7. The Balaban J connectivity index is 3.25. The van der Waals surface area contributed by atoms with Gasteiger partial charge in [-0.3, -0.25) is 14.4 Å². The lowest BCUT2D eigenvalue weighted by Gasteiger charge is -2.08. The molecule has 0 aliphatic heterocycles. The number of hydrogen-bond acceptors (Lipinski definition) is 7. The number of carbonyl (C=O) groups excluding carboxylic acids is 2. The summed E-state index contributed by atoms with van der Waals surface area (Å²) in [5.74, 6) is -1.39. The lowest BCUT2D eigenvalue weighted by molar-refractivity contribution is -0.147. The van der Waals surface area contributed by atoms with Crippen LogP contribution in [0.4, 0.5) is 0 Å². The summed E-state index contributed by atoms with van der Waals surface area (Å²) in [4.78, 5) is 33.3. The van der Waals surface area contributed by atoms with Crippen molar-refractivity contribution in [3.63, 3.8) is 0 Å². The molecule has 0 rings (SSSR count). The molecule has 0 aliphatic rings. The molecule has 0 fully saturated rings. The first-order chi connectivity index (χ1) is 14.1. The number of carboxylic acid groups (broad SMARTS) is 1. The number of aliphatic carboxylic acids is 1. The maximum absolute atomic E-state index is 11.5. The van der Waals surface area contributed by atoms with E-state index in [9.17, 15) is 14.4 Å². The number of carboxylic acids is 1. The van der Waals surface area contributed by atoms with Crippen LogP contribution in [0.1, 0.15) is 77.6 Å². The van der Waals surface area contributed by atoms with E-state index >= 15 is 0 Å². The van der Waals surface area contributed by atoms with Gasteiger partial charge in [0.15, 0.2) is 0 Å². The molecule has 0 atom stereocenters. The summed E-state index contributed by atoms with van der Waals surface area (Å²) in [6, 6.07) is 0. The van der Waals surface area contributed by atoms with Crippen molar-refractivity contribution in [1.29, 1.82) is 0 Å². The molecular formula is C21H38O8. The van der Waals surface area contributed by atoms with Crippen molar-refractivity contribution in [2.45, 2.75) is 77.6 Å². The third-order valence-electron chi connectivity index (χ3n) is 4.11. The maximum Gasteiger partial charge on any atom is 0.305 e. The van der Waals surface area contributed by atoms with Crippen LogP contribution in [0.5, 0.6) is 0 Å². The van der Waals surface area contributed by atoms with Gasteiger partial charge in [0, 0.05) is 19.3 Å². The number of carbonyl (C=O) groups is 3. The number of hydrogen-bond donors (Lipinski definition) is 1. The molecule has 0 aromatic rings. The molecule has 0 heterocycles. The van der Waals surface area contributed by atoms with E-state index in [-0.39, 0.29) is 44.6 Å². The highest BCUT2D eigenvalue weighted by atomic mass is 16.6. The van der Waals surface area contributed by atoms with Gasteiger partial charge in [-0.05, 0) is 19.3 Å². The average molecular weight is 419 g/mol. The smallest absolute Gasteiger partial charge is 0.305 e. The van der Waals surface area contributed by atoms with Crippen molar-refractivity contribution in [3.05, 3.63) is 0 Å². The fourth-order valence-electron chi connectivity index (χ4n) is 2.49. The van der Waals surface area contributed by atoms with Gasteiger partial charge < -0.3 is 24.1 Å². The fourth-order valence-corrected chi connectivity index (χ4v) is 2.49. The standard InChI is InChI=1S/C21H38O8/c1-2-3-4-5-6-7-11-20(24)28-17-15-26-13-14-27-16-18-29-21(25)12-9-8-10-19(22)23/h2-18H2,1H3,(H,22,23). The van der Waals surface area contributed by atoms with Crippen molar-refractivity contribution in [3.8, 4) is 0 Å². The van der Waals surface area contributed by atoms with Gasteiger partial charge in [-0.2, -0.15) is 0 Å². The van der Waals surface area contributed by atoms with E-state index in [1.807, 2.05) is 0 Å². The van der Waals surface area contributed by atoms with Crippen LogP contribution in [0, 0.1) is 0 Å². The quantitative estimate of drug-likeness (QED) is 0.223. The van der Waals surface area contributed by atoms with Crippen LogP contribution in [0.15, 0.2) is 0 Å². The normalized spacial score (nSPS) is 10.7. The first-order valence-electron chi connectivity index (χ1n) is 10.7. The van der Waals surface area contributed by atoms with Crippen LogP contribution in [-0.4, -0.2) is 62.7 Å². The van der Waals surface area contributed by atoms with E-state index in [4.69, 9.17) is 24.1 Å². The minimum absolute atomic E-state index is 0.0642. The summed E-state index contributed by atoms with van der Waals surface area (Å²) >= 11 is 0. The topological polar surface area (TPSA) is 108 Å². The lowest BCUT2D eigenvalue weighted by atomic mass is 10.1. The molecule has 29 heavy (non-hydrogen) atoms. The van der Waals surface area contributed by atoms with Crippen molar-refractivity contribution in [2.24, 2.45) is 0 Å². The molecule has 0 saturated carbocycles. The average Bonchev–Trinajstić information content (AvgIpc) is 2.69. The zero-order valence-corrected chi connectivity index (χ0v) is 17.8. The predicted octanol–water partition coefficient (Wildman–Crippen LogP) is 3.50. The first-order valence-corrected chi connectivity index (χ1v) is 10.7. The summed E-state index contributed by atoms with van der Waals surface area (Å²) in [7, 11) is 0. The summed E-state index contributed by atoms with van der Waals surface area (Å²) in [5, 5.41) is 8.49. The molecule has 0 aromatic heterocycles. The Bertz CT molecular complexity index is 425. The molecule has 0 spiro atoms. The Morgan fingerprint density at radius 3 is 1.52 bits per heavy atom. The summed E-state index contributed by atoms with van der Waals surface area (Å²) in [5.41, 5.74) is 0. The number of ether oxygens (including phenoxy) is 4. The number of rotatable bonds is 21. The molecule has 0 aromatic carbocycles. The zero-order valence-electron chi connectivity index (χ0n) is 17.8. The molecule has 0 saturated heterocycles. The van der Waals surface area contributed by atoms with Gasteiger partial charge >= 0.3 is 17.9 Å². The van der Waals surface area contributed by atoms with E-state index < -0.39 is 5.97 Å². The number of unbranched alkanes of at least 4 members (excludes halogenated alkanes) is 6. The van der Waals surface area contributed by atoms with Gasteiger partial charge in [-0.1, -0.05) is 39.0 Å². The molecule has 170 valence electrons. The van der Waals surface area contributed by atoms with Crippen LogP contribution < -0.4 is 0 Å². The molecule has 0 aliphatic carbocycles. The summed E-state index contributed by atoms with van der Waals surface area (Å²) in [6.45, 7) is 3.93. The minimum Gasteiger partial charge on any atom is -0.481 e. The molecule has 0 bridgehead atoms.